The molecule has 0 saturated carbocycles. The van der Waals surface area contributed by atoms with Crippen LogP contribution in [0.5, 0.6) is 11.5 Å². The highest BCUT2D eigenvalue weighted by molar-refractivity contribution is 5.76. The molecule has 1 aliphatic heterocycles. The average Bonchev–Trinajstić information content (AvgIpc) is 2.95. The van der Waals surface area contributed by atoms with Gasteiger partial charge in [-0.25, -0.2) is 0 Å². The van der Waals surface area contributed by atoms with Gasteiger partial charge < -0.3 is 24.1 Å². The van der Waals surface area contributed by atoms with Crippen molar-refractivity contribution in [2.24, 2.45) is 0 Å². The van der Waals surface area contributed by atoms with Gasteiger partial charge in [-0.15, -0.1) is 10.2 Å². The standard InChI is InChI=1S/C28H35N5O5/c1-3-37-17-18-38-24-11-9-22(19-25(24)36-2)27-29-28(35)23(30-31-27)10-12-26(34)33-15-13-32(14-16-33)20-21-7-5-4-6-8-21/h4-9,11,19H,3,10,12-18,20H2,1-2H3,(H,29,31,35). The molecule has 1 aromatic heterocycles. The van der Waals surface area contributed by atoms with E-state index in [2.05, 4.69) is 32.2 Å². The van der Waals surface area contributed by atoms with Gasteiger partial charge in [-0.2, -0.15) is 0 Å². The molecule has 3 aromatic rings. The number of ether oxygens (including phenoxy) is 3. The summed E-state index contributed by atoms with van der Waals surface area (Å²) in [5, 5.41) is 8.31. The Bertz CT molecular complexity index is 1240. The number of aryl methyl sites for hydroxylation is 1. The molecule has 0 radical (unpaired) electrons. The molecule has 1 N–H and O–H groups in total. The highest BCUT2D eigenvalue weighted by Crippen LogP contribution is 2.31. The lowest BCUT2D eigenvalue weighted by Crippen LogP contribution is -2.48. The van der Waals surface area contributed by atoms with Gasteiger partial charge >= 0.3 is 0 Å². The molecule has 10 heteroatoms. The number of benzene rings is 2. The van der Waals surface area contributed by atoms with E-state index in [1.54, 1.807) is 25.3 Å². The molecule has 10 nitrogen and oxygen atoms in total. The summed E-state index contributed by atoms with van der Waals surface area (Å²) in [6, 6.07) is 15.6. The summed E-state index contributed by atoms with van der Waals surface area (Å²) in [6.07, 6.45) is 0.457. The molecular weight excluding hydrogens is 486 g/mol. The number of piperazine rings is 1. The van der Waals surface area contributed by atoms with Gasteiger partial charge in [0.1, 0.15) is 12.3 Å². The van der Waals surface area contributed by atoms with Gasteiger partial charge in [-0.3, -0.25) is 14.5 Å². The number of H-pyrrole nitrogens is 1. The molecule has 2 heterocycles. The topological polar surface area (TPSA) is 110 Å². The van der Waals surface area contributed by atoms with E-state index >= 15 is 0 Å². The predicted molar refractivity (Wildman–Crippen MR) is 143 cm³/mol. The van der Waals surface area contributed by atoms with E-state index in [1.165, 1.54) is 5.56 Å². The fourth-order valence-corrected chi connectivity index (χ4v) is 4.32. The number of hydrogen-bond acceptors (Lipinski definition) is 8. The van der Waals surface area contributed by atoms with Gasteiger partial charge in [0.25, 0.3) is 5.56 Å². The summed E-state index contributed by atoms with van der Waals surface area (Å²) < 4.78 is 16.4. The van der Waals surface area contributed by atoms with Crippen molar-refractivity contribution in [1.82, 2.24) is 25.0 Å². The summed E-state index contributed by atoms with van der Waals surface area (Å²) in [7, 11) is 1.55. The molecule has 0 atom stereocenters. The minimum atomic E-state index is -0.355. The summed E-state index contributed by atoms with van der Waals surface area (Å²) in [5.41, 5.74) is 1.80. The second kappa shape index (κ2) is 13.7. The lowest BCUT2D eigenvalue weighted by molar-refractivity contribution is -0.133. The summed E-state index contributed by atoms with van der Waals surface area (Å²) in [6.45, 7) is 7.34. The van der Waals surface area contributed by atoms with Crippen LogP contribution in [0.3, 0.4) is 0 Å². The predicted octanol–water partition coefficient (Wildman–Crippen LogP) is 2.53. The van der Waals surface area contributed by atoms with Crippen molar-refractivity contribution in [3.63, 3.8) is 0 Å². The van der Waals surface area contributed by atoms with Crippen LogP contribution in [0.4, 0.5) is 0 Å². The van der Waals surface area contributed by atoms with Crippen molar-refractivity contribution in [3.05, 3.63) is 70.1 Å². The zero-order valence-corrected chi connectivity index (χ0v) is 22.0. The molecule has 1 fully saturated rings. The first-order valence-corrected chi connectivity index (χ1v) is 13.0. The zero-order chi connectivity index (χ0) is 26.7. The lowest BCUT2D eigenvalue weighted by atomic mass is 10.1. The van der Waals surface area contributed by atoms with Crippen LogP contribution in [0.25, 0.3) is 11.4 Å². The maximum absolute atomic E-state index is 12.8. The number of amides is 1. The van der Waals surface area contributed by atoms with Crippen LogP contribution in [0, 0.1) is 0 Å². The fourth-order valence-electron chi connectivity index (χ4n) is 4.32. The third-order valence-electron chi connectivity index (χ3n) is 6.44. The molecule has 202 valence electrons. The fraction of sp³-hybridized carbons (Fsp3) is 0.429. The first-order valence-electron chi connectivity index (χ1n) is 13.0. The minimum absolute atomic E-state index is 0.0271. The van der Waals surface area contributed by atoms with Crippen LogP contribution in [-0.2, 0) is 22.5 Å². The Morgan fingerprint density at radius 2 is 1.79 bits per heavy atom. The van der Waals surface area contributed by atoms with Crippen molar-refractivity contribution in [2.75, 3.05) is 53.1 Å². The Hall–Kier alpha value is -3.76. The molecule has 4 rings (SSSR count). The molecule has 1 saturated heterocycles. The van der Waals surface area contributed by atoms with Crippen molar-refractivity contribution in [1.29, 1.82) is 0 Å². The van der Waals surface area contributed by atoms with Gasteiger partial charge in [0.15, 0.2) is 17.3 Å². The molecule has 0 spiro atoms. The Labute approximate surface area is 222 Å². The first-order chi connectivity index (χ1) is 18.6. The van der Waals surface area contributed by atoms with Gasteiger partial charge in [0.2, 0.25) is 5.91 Å². The van der Waals surface area contributed by atoms with Crippen molar-refractivity contribution < 1.29 is 19.0 Å². The Balaban J connectivity index is 1.29. The number of nitrogens with one attached hydrogen (secondary N) is 1. The van der Waals surface area contributed by atoms with Gasteiger partial charge in [-0.1, -0.05) is 30.3 Å². The van der Waals surface area contributed by atoms with Crippen LogP contribution in [0.1, 0.15) is 24.6 Å². The third kappa shape index (κ3) is 7.39. The van der Waals surface area contributed by atoms with Gasteiger partial charge in [0.05, 0.1) is 13.7 Å². The monoisotopic (exact) mass is 521 g/mol. The Morgan fingerprint density at radius 1 is 1.00 bits per heavy atom. The molecule has 1 aliphatic rings. The second-order valence-corrected chi connectivity index (χ2v) is 9.00. The summed E-state index contributed by atoms with van der Waals surface area (Å²) in [5.74, 6) is 1.43. The minimum Gasteiger partial charge on any atom is -0.493 e. The number of carbonyl (C=O) groups excluding carboxylic acids is 1. The Morgan fingerprint density at radius 3 is 2.50 bits per heavy atom. The third-order valence-corrected chi connectivity index (χ3v) is 6.44. The maximum Gasteiger partial charge on any atom is 0.273 e. The molecule has 2 aromatic carbocycles. The second-order valence-electron chi connectivity index (χ2n) is 9.00. The number of aromatic amines is 1. The van der Waals surface area contributed by atoms with Crippen molar-refractivity contribution >= 4 is 5.91 Å². The van der Waals surface area contributed by atoms with E-state index in [0.29, 0.717) is 55.8 Å². The van der Waals surface area contributed by atoms with Crippen LogP contribution >= 0.6 is 0 Å². The van der Waals surface area contributed by atoms with E-state index in [1.807, 2.05) is 30.0 Å². The van der Waals surface area contributed by atoms with Crippen molar-refractivity contribution in [3.8, 4) is 22.9 Å². The number of aromatic nitrogens is 3. The quantitative estimate of drug-likeness (QED) is 0.362. The van der Waals surface area contributed by atoms with E-state index in [4.69, 9.17) is 14.2 Å². The van der Waals surface area contributed by atoms with Gasteiger partial charge in [0, 0.05) is 57.7 Å². The molecule has 1 amide bonds. The highest BCUT2D eigenvalue weighted by Gasteiger charge is 2.21. The smallest absolute Gasteiger partial charge is 0.273 e. The number of hydrogen-bond donors (Lipinski definition) is 1. The van der Waals surface area contributed by atoms with E-state index in [0.717, 1.165) is 19.6 Å². The van der Waals surface area contributed by atoms with Crippen molar-refractivity contribution in [2.45, 2.75) is 26.3 Å². The maximum atomic E-state index is 12.8. The average molecular weight is 522 g/mol. The van der Waals surface area contributed by atoms with Crippen LogP contribution in [0.15, 0.2) is 53.3 Å². The molecule has 0 aliphatic carbocycles. The number of carbonyl (C=O) groups is 1. The number of rotatable bonds is 12. The summed E-state index contributed by atoms with van der Waals surface area (Å²) in [4.78, 5) is 32.4. The van der Waals surface area contributed by atoms with E-state index in [-0.39, 0.29) is 30.0 Å². The normalized spacial score (nSPS) is 13.9. The number of nitrogens with zero attached hydrogens (tertiary/aromatic N) is 4. The van der Waals surface area contributed by atoms with Crippen LogP contribution in [-0.4, -0.2) is 84.0 Å². The first kappa shape index (κ1) is 27.3. The zero-order valence-electron chi connectivity index (χ0n) is 22.0. The van der Waals surface area contributed by atoms with Crippen LogP contribution < -0.4 is 15.0 Å². The largest absolute Gasteiger partial charge is 0.493 e. The summed E-state index contributed by atoms with van der Waals surface area (Å²) >= 11 is 0. The number of methoxy groups -OCH3 is 1. The molecule has 38 heavy (non-hydrogen) atoms. The Kier molecular flexibility index (Phi) is 9.83. The SMILES string of the molecule is CCOCCOc1ccc(-c2nnc(CCC(=O)N3CCN(Cc4ccccc4)CC3)c(=O)[nH]2)cc1OC. The molecular formula is C28H35N5O5. The molecule has 0 bridgehead atoms. The molecule has 0 unspecified atom stereocenters. The lowest BCUT2D eigenvalue weighted by Gasteiger charge is -2.34. The van der Waals surface area contributed by atoms with E-state index < -0.39 is 0 Å². The van der Waals surface area contributed by atoms with Gasteiger partial charge in [-0.05, 0) is 30.7 Å². The van der Waals surface area contributed by atoms with Crippen LogP contribution in [0.2, 0.25) is 0 Å². The van der Waals surface area contributed by atoms with E-state index in [9.17, 15) is 9.59 Å². The highest BCUT2D eigenvalue weighted by atomic mass is 16.5.